The van der Waals surface area contributed by atoms with Crippen LogP contribution in [0.4, 0.5) is 24.7 Å². The smallest absolute Gasteiger partial charge is 0.288 e. The highest BCUT2D eigenvalue weighted by Gasteiger charge is 2.21. The minimum Gasteiger partial charge on any atom is -0.363 e. The molecule has 0 aliphatic heterocycles. The number of pyridine rings is 1. The topological polar surface area (TPSA) is 93.8 Å². The van der Waals surface area contributed by atoms with Gasteiger partial charge < -0.3 is 5.32 Å². The Morgan fingerprint density at radius 1 is 1.22 bits per heavy atom. The summed E-state index contributed by atoms with van der Waals surface area (Å²) in [5, 5.41) is 14.2. The van der Waals surface area contributed by atoms with Crippen molar-refractivity contribution >= 4 is 22.5 Å². The Kier molecular flexibility index (Phi) is 4.89. The molecule has 0 bridgehead atoms. The molecule has 27 heavy (non-hydrogen) atoms. The molecule has 2 heterocycles. The number of hydrogen-bond acceptors (Lipinski definition) is 6. The fourth-order valence-corrected chi connectivity index (χ4v) is 2.67. The molecule has 0 saturated heterocycles. The molecule has 0 fully saturated rings. The number of nitro groups is 1. The summed E-state index contributed by atoms with van der Waals surface area (Å²) >= 11 is 0. The summed E-state index contributed by atoms with van der Waals surface area (Å²) < 4.78 is 40.2. The summed E-state index contributed by atoms with van der Waals surface area (Å²) in [5.74, 6) is -0.463. The van der Waals surface area contributed by atoms with Crippen LogP contribution in [0.1, 0.15) is 36.3 Å². The van der Waals surface area contributed by atoms with E-state index in [1.807, 2.05) is 0 Å². The second kappa shape index (κ2) is 7.14. The number of hydrogen-bond donors (Lipinski definition) is 1. The number of benzene rings is 1. The third-order valence-electron chi connectivity index (χ3n) is 3.97. The lowest BCUT2D eigenvalue weighted by Crippen LogP contribution is -2.12. The summed E-state index contributed by atoms with van der Waals surface area (Å²) in [7, 11) is 0. The number of alkyl halides is 2. The van der Waals surface area contributed by atoms with Gasteiger partial charge in [-0.25, -0.2) is 28.1 Å². The molecule has 1 aromatic carbocycles. The van der Waals surface area contributed by atoms with Crippen LogP contribution >= 0.6 is 0 Å². The van der Waals surface area contributed by atoms with Crippen molar-refractivity contribution in [3.8, 4) is 0 Å². The minimum atomic E-state index is -2.94. The summed E-state index contributed by atoms with van der Waals surface area (Å²) in [6.45, 7) is 3.18. The quantitative estimate of drug-likeness (QED) is 0.520. The van der Waals surface area contributed by atoms with Crippen molar-refractivity contribution in [1.29, 1.82) is 0 Å². The van der Waals surface area contributed by atoms with E-state index in [1.165, 1.54) is 18.2 Å². The van der Waals surface area contributed by atoms with Gasteiger partial charge in [0.1, 0.15) is 23.7 Å². The minimum absolute atomic E-state index is 0.0237. The van der Waals surface area contributed by atoms with Crippen molar-refractivity contribution in [3.05, 3.63) is 63.3 Å². The molecular weight excluding hydrogens is 363 g/mol. The zero-order valence-corrected chi connectivity index (χ0v) is 14.3. The number of aromatic nitrogens is 3. The van der Waals surface area contributed by atoms with Crippen LogP contribution in [0, 0.1) is 22.9 Å². The Hall–Kier alpha value is -3.30. The van der Waals surface area contributed by atoms with E-state index in [9.17, 15) is 23.3 Å². The monoisotopic (exact) mass is 377 g/mol. The maximum atomic E-state index is 14.4. The second-order valence-corrected chi connectivity index (χ2v) is 5.86. The number of nitrogens with one attached hydrogen (secondary N) is 1. The Morgan fingerprint density at radius 2 is 1.93 bits per heavy atom. The highest BCUT2D eigenvalue weighted by Crippen LogP contribution is 2.30. The molecule has 7 nitrogen and oxygen atoms in total. The van der Waals surface area contributed by atoms with E-state index in [1.54, 1.807) is 13.8 Å². The van der Waals surface area contributed by atoms with Crippen LogP contribution < -0.4 is 5.32 Å². The van der Waals surface area contributed by atoms with Crippen LogP contribution in [0.5, 0.6) is 0 Å². The zero-order chi connectivity index (χ0) is 19.7. The number of aryl methyl sites for hydroxylation is 1. The highest BCUT2D eigenvalue weighted by atomic mass is 19.3. The van der Waals surface area contributed by atoms with Gasteiger partial charge in [-0.05, 0) is 13.8 Å². The molecule has 1 unspecified atom stereocenters. The summed E-state index contributed by atoms with van der Waals surface area (Å²) in [4.78, 5) is 22.7. The Labute approximate surface area is 151 Å². The molecule has 0 spiro atoms. The van der Waals surface area contributed by atoms with Crippen LogP contribution in [-0.4, -0.2) is 19.9 Å². The maximum absolute atomic E-state index is 14.4. The molecule has 3 rings (SSSR count). The van der Waals surface area contributed by atoms with Crippen molar-refractivity contribution in [2.75, 3.05) is 5.32 Å². The molecular formula is C17H14F3N5O2. The molecule has 0 radical (unpaired) electrons. The zero-order valence-electron chi connectivity index (χ0n) is 14.3. The summed E-state index contributed by atoms with van der Waals surface area (Å²) in [6, 6.07) is 4.26. The average molecular weight is 377 g/mol. The SMILES string of the molecule is Cc1nc(NC(C)c2cccc(C(F)F)c2F)c2cc([N+](=O)[O-])cnc2n1. The first-order chi connectivity index (χ1) is 12.8. The molecule has 1 N–H and O–H groups in total. The van der Waals surface area contributed by atoms with E-state index in [-0.39, 0.29) is 28.1 Å². The number of rotatable bonds is 5. The van der Waals surface area contributed by atoms with Crippen molar-refractivity contribution < 1.29 is 18.1 Å². The molecule has 0 saturated carbocycles. The standard InChI is InChI=1S/C17H14F3N5O2/c1-8(11-4-3-5-12(14(11)18)15(19)20)22-17-13-6-10(25(26)27)7-21-16(13)23-9(2)24-17/h3-8,15H,1-2H3,(H,21,22,23,24). The van der Waals surface area contributed by atoms with E-state index >= 15 is 0 Å². The van der Waals surface area contributed by atoms with Gasteiger partial charge in [-0.1, -0.05) is 18.2 Å². The molecule has 10 heteroatoms. The highest BCUT2D eigenvalue weighted by molar-refractivity contribution is 5.88. The van der Waals surface area contributed by atoms with Gasteiger partial charge in [0.2, 0.25) is 0 Å². The lowest BCUT2D eigenvalue weighted by molar-refractivity contribution is -0.385. The van der Waals surface area contributed by atoms with Gasteiger partial charge in [0.25, 0.3) is 12.1 Å². The number of anilines is 1. The van der Waals surface area contributed by atoms with Crippen LogP contribution in [0.2, 0.25) is 0 Å². The molecule has 2 aromatic heterocycles. The molecule has 1 atom stereocenters. The Bertz CT molecular complexity index is 1030. The van der Waals surface area contributed by atoms with Gasteiger partial charge in [-0.2, -0.15) is 0 Å². The predicted octanol–water partition coefficient (Wildman–Crippen LogP) is 4.49. The van der Waals surface area contributed by atoms with Crippen LogP contribution in [0.25, 0.3) is 11.0 Å². The van der Waals surface area contributed by atoms with Gasteiger partial charge in [-0.3, -0.25) is 10.1 Å². The fourth-order valence-electron chi connectivity index (χ4n) is 2.67. The van der Waals surface area contributed by atoms with E-state index in [0.717, 1.165) is 12.3 Å². The lowest BCUT2D eigenvalue weighted by Gasteiger charge is -2.18. The van der Waals surface area contributed by atoms with Crippen molar-refractivity contribution in [2.45, 2.75) is 26.3 Å². The van der Waals surface area contributed by atoms with Gasteiger partial charge in [0.05, 0.1) is 21.9 Å². The van der Waals surface area contributed by atoms with Gasteiger partial charge >= 0.3 is 0 Å². The maximum Gasteiger partial charge on any atom is 0.288 e. The third-order valence-corrected chi connectivity index (χ3v) is 3.97. The van der Waals surface area contributed by atoms with Crippen molar-refractivity contribution in [1.82, 2.24) is 15.0 Å². The van der Waals surface area contributed by atoms with E-state index in [4.69, 9.17) is 0 Å². The summed E-state index contributed by atoms with van der Waals surface area (Å²) in [5.41, 5.74) is -0.695. The molecule has 0 amide bonds. The second-order valence-electron chi connectivity index (χ2n) is 5.86. The molecule has 3 aromatic rings. The molecule has 0 aliphatic rings. The first-order valence-corrected chi connectivity index (χ1v) is 7.89. The first kappa shape index (κ1) is 18.5. The average Bonchev–Trinajstić information content (AvgIpc) is 2.60. The first-order valence-electron chi connectivity index (χ1n) is 7.89. The Morgan fingerprint density at radius 3 is 2.59 bits per heavy atom. The number of halogens is 3. The molecule has 0 aliphatic carbocycles. The predicted molar refractivity (Wildman–Crippen MR) is 92.1 cm³/mol. The normalized spacial score (nSPS) is 12.4. The van der Waals surface area contributed by atoms with E-state index < -0.39 is 28.8 Å². The molecule has 140 valence electrons. The lowest BCUT2D eigenvalue weighted by atomic mass is 10.0. The van der Waals surface area contributed by atoms with Crippen LogP contribution in [0.3, 0.4) is 0 Å². The Balaban J connectivity index is 2.04. The van der Waals surface area contributed by atoms with E-state index in [2.05, 4.69) is 20.3 Å². The number of nitrogens with zero attached hydrogens (tertiary/aromatic N) is 4. The number of fused-ring (bicyclic) bond motifs is 1. The third kappa shape index (κ3) is 3.64. The van der Waals surface area contributed by atoms with Crippen molar-refractivity contribution in [3.63, 3.8) is 0 Å². The summed E-state index contributed by atoms with van der Waals surface area (Å²) in [6.07, 6.45) is -1.86. The van der Waals surface area contributed by atoms with Crippen LogP contribution in [-0.2, 0) is 0 Å². The van der Waals surface area contributed by atoms with Gasteiger partial charge in [-0.15, -0.1) is 0 Å². The van der Waals surface area contributed by atoms with Crippen LogP contribution in [0.15, 0.2) is 30.5 Å². The van der Waals surface area contributed by atoms with Gasteiger partial charge in [0, 0.05) is 11.6 Å². The van der Waals surface area contributed by atoms with E-state index in [0.29, 0.717) is 5.82 Å². The fraction of sp³-hybridized carbons (Fsp3) is 0.235. The van der Waals surface area contributed by atoms with Crippen molar-refractivity contribution in [2.24, 2.45) is 0 Å². The largest absolute Gasteiger partial charge is 0.363 e. The van der Waals surface area contributed by atoms with Gasteiger partial charge in [0.15, 0.2) is 5.65 Å².